The number of aryl methyl sites for hydroxylation is 1. The average Bonchev–Trinajstić information content (AvgIpc) is 3.39. The number of hydrogen-bond donors (Lipinski definition) is 0. The Bertz CT molecular complexity index is 1960. The van der Waals surface area contributed by atoms with Gasteiger partial charge in [-0.3, -0.25) is 4.79 Å². The Morgan fingerprint density at radius 1 is 0.975 bits per heavy atom. The van der Waals surface area contributed by atoms with Gasteiger partial charge in [0.15, 0.2) is 17.3 Å². The minimum atomic E-state index is -0.319. The topological polar surface area (TPSA) is 78.9 Å². The van der Waals surface area contributed by atoms with E-state index in [0.717, 1.165) is 10.9 Å². The van der Waals surface area contributed by atoms with Crippen molar-refractivity contribution >= 4 is 39.7 Å². The molecule has 0 unspecified atom stereocenters. The summed E-state index contributed by atoms with van der Waals surface area (Å²) in [5, 5.41) is 6.36. The third kappa shape index (κ3) is 5.07. The highest BCUT2D eigenvalue weighted by Gasteiger charge is 2.17. The zero-order chi connectivity index (χ0) is 27.6. The van der Waals surface area contributed by atoms with E-state index in [0.29, 0.717) is 50.9 Å². The molecule has 0 aliphatic carbocycles. The number of rotatable bonds is 7. The van der Waals surface area contributed by atoms with Crippen molar-refractivity contribution in [2.75, 3.05) is 7.11 Å². The van der Waals surface area contributed by atoms with Crippen LogP contribution < -0.4 is 15.0 Å². The highest BCUT2D eigenvalue weighted by molar-refractivity contribution is 6.31. The van der Waals surface area contributed by atoms with Crippen LogP contribution in [0.4, 0.5) is 0 Å². The van der Waals surface area contributed by atoms with Crippen LogP contribution in [0.3, 0.4) is 0 Å². The van der Waals surface area contributed by atoms with Crippen LogP contribution in [-0.2, 0) is 6.61 Å². The predicted octanol–water partition coefficient (Wildman–Crippen LogP) is 7.24. The minimum Gasteiger partial charge on any atom is -0.493 e. The Morgan fingerprint density at radius 3 is 2.70 bits per heavy atom. The van der Waals surface area contributed by atoms with Gasteiger partial charge in [0.2, 0.25) is 5.82 Å². The van der Waals surface area contributed by atoms with Crippen molar-refractivity contribution in [1.29, 1.82) is 0 Å². The van der Waals surface area contributed by atoms with E-state index >= 15 is 0 Å². The molecule has 8 heteroatoms. The molecule has 0 saturated heterocycles. The molecule has 6 aromatic rings. The molecule has 0 N–H and O–H groups in total. The standard InChI is InChI=1S/C32H24ClN3O4/c1-20-6-5-7-22(14-20)19-39-28-12-10-21(15-29(28)38-2)18-34-36-31(35-26-9-4-3-8-25(26)32(36)37)30-17-23-16-24(33)11-13-27(23)40-30/h3-18H,19H2,1-2H3. The van der Waals surface area contributed by atoms with Gasteiger partial charge >= 0.3 is 0 Å². The van der Waals surface area contributed by atoms with Crippen molar-refractivity contribution in [1.82, 2.24) is 9.66 Å². The summed E-state index contributed by atoms with van der Waals surface area (Å²) in [4.78, 5) is 18.3. The predicted molar refractivity (Wildman–Crippen MR) is 158 cm³/mol. The molecule has 6 rings (SSSR count). The SMILES string of the molecule is COc1cc(C=Nn2c(-c3cc4cc(Cl)ccc4o3)nc3ccccc3c2=O)ccc1OCc1cccc(C)c1. The van der Waals surface area contributed by atoms with Crippen molar-refractivity contribution < 1.29 is 13.9 Å². The number of hydrogen-bond acceptors (Lipinski definition) is 6. The molecule has 40 heavy (non-hydrogen) atoms. The van der Waals surface area contributed by atoms with E-state index in [1.165, 1.54) is 10.2 Å². The fourth-order valence-corrected chi connectivity index (χ4v) is 4.67. The first-order valence-corrected chi connectivity index (χ1v) is 13.0. The number of benzene rings is 4. The van der Waals surface area contributed by atoms with Crippen molar-refractivity contribution in [3.05, 3.63) is 123 Å². The average molecular weight is 550 g/mol. The molecule has 4 aromatic carbocycles. The molecule has 0 aliphatic heterocycles. The number of furan rings is 1. The van der Waals surface area contributed by atoms with Crippen molar-refractivity contribution in [3.8, 4) is 23.1 Å². The van der Waals surface area contributed by atoms with Crippen LogP contribution in [0.1, 0.15) is 16.7 Å². The zero-order valence-corrected chi connectivity index (χ0v) is 22.6. The van der Waals surface area contributed by atoms with Gasteiger partial charge in [0.25, 0.3) is 5.56 Å². The van der Waals surface area contributed by atoms with E-state index in [1.54, 1.807) is 61.9 Å². The smallest absolute Gasteiger partial charge is 0.282 e. The summed E-state index contributed by atoms with van der Waals surface area (Å²) < 4.78 is 18.9. The number of methoxy groups -OCH3 is 1. The summed E-state index contributed by atoms with van der Waals surface area (Å²) in [5.74, 6) is 1.83. The molecule has 7 nitrogen and oxygen atoms in total. The largest absolute Gasteiger partial charge is 0.493 e. The summed E-state index contributed by atoms with van der Waals surface area (Å²) in [6.07, 6.45) is 1.58. The Balaban J connectivity index is 1.37. The maximum atomic E-state index is 13.5. The van der Waals surface area contributed by atoms with E-state index in [9.17, 15) is 4.79 Å². The molecule has 2 aromatic heterocycles. The highest BCUT2D eigenvalue weighted by Crippen LogP contribution is 2.30. The Kier molecular flexibility index (Phi) is 6.80. The number of aromatic nitrogens is 2. The summed E-state index contributed by atoms with van der Waals surface area (Å²) in [7, 11) is 1.58. The third-order valence-corrected chi connectivity index (χ3v) is 6.67. The molecule has 0 fully saturated rings. The van der Waals surface area contributed by atoms with Crippen LogP contribution in [0.5, 0.6) is 11.5 Å². The number of ether oxygens (including phenoxy) is 2. The number of fused-ring (bicyclic) bond motifs is 2. The van der Waals surface area contributed by atoms with E-state index in [1.807, 2.05) is 43.3 Å². The van der Waals surface area contributed by atoms with E-state index in [-0.39, 0.29) is 11.4 Å². The van der Waals surface area contributed by atoms with Gasteiger partial charge in [-0.2, -0.15) is 9.78 Å². The molecule has 0 saturated carbocycles. The van der Waals surface area contributed by atoms with Gasteiger partial charge in [0.1, 0.15) is 12.2 Å². The Labute approximate surface area is 234 Å². The lowest BCUT2D eigenvalue weighted by molar-refractivity contribution is 0.284. The Morgan fingerprint density at radius 2 is 1.85 bits per heavy atom. The maximum Gasteiger partial charge on any atom is 0.282 e. The van der Waals surface area contributed by atoms with E-state index < -0.39 is 0 Å². The number of para-hydroxylation sites is 1. The highest BCUT2D eigenvalue weighted by atomic mass is 35.5. The number of nitrogens with zero attached hydrogens (tertiary/aromatic N) is 3. The van der Waals surface area contributed by atoms with Gasteiger partial charge in [0, 0.05) is 10.4 Å². The van der Waals surface area contributed by atoms with Gasteiger partial charge < -0.3 is 13.9 Å². The molecule has 0 bridgehead atoms. The van der Waals surface area contributed by atoms with Crippen molar-refractivity contribution in [2.24, 2.45) is 5.10 Å². The fraction of sp³-hybridized carbons (Fsp3) is 0.0938. The van der Waals surface area contributed by atoms with Crippen LogP contribution >= 0.6 is 11.6 Å². The molecule has 198 valence electrons. The van der Waals surface area contributed by atoms with Gasteiger partial charge in [-0.05, 0) is 72.6 Å². The van der Waals surface area contributed by atoms with Crippen molar-refractivity contribution in [2.45, 2.75) is 13.5 Å². The van der Waals surface area contributed by atoms with Crippen LogP contribution in [-0.4, -0.2) is 23.0 Å². The first-order chi connectivity index (χ1) is 19.5. The first kappa shape index (κ1) is 25.4. The molecule has 0 spiro atoms. The third-order valence-electron chi connectivity index (χ3n) is 6.44. The van der Waals surface area contributed by atoms with Gasteiger partial charge in [-0.25, -0.2) is 4.98 Å². The quantitative estimate of drug-likeness (QED) is 0.196. The summed E-state index contributed by atoms with van der Waals surface area (Å²) in [6, 6.07) is 27.9. The van der Waals surface area contributed by atoms with Gasteiger partial charge in [-0.15, -0.1) is 0 Å². The molecule has 2 heterocycles. The van der Waals surface area contributed by atoms with E-state index in [4.69, 9.17) is 30.5 Å². The summed E-state index contributed by atoms with van der Waals surface area (Å²) in [5.41, 5.74) is 3.80. The van der Waals surface area contributed by atoms with Gasteiger partial charge in [-0.1, -0.05) is 53.6 Å². The fourth-order valence-electron chi connectivity index (χ4n) is 4.49. The lowest BCUT2D eigenvalue weighted by atomic mass is 10.1. The zero-order valence-electron chi connectivity index (χ0n) is 21.8. The molecule has 0 aliphatic rings. The molecule has 0 radical (unpaired) electrons. The summed E-state index contributed by atoms with van der Waals surface area (Å²) in [6.45, 7) is 2.46. The molecular formula is C32H24ClN3O4. The lowest BCUT2D eigenvalue weighted by Crippen LogP contribution is -2.20. The lowest BCUT2D eigenvalue weighted by Gasteiger charge is -2.12. The molecule has 0 atom stereocenters. The van der Waals surface area contributed by atoms with Crippen LogP contribution in [0.15, 0.2) is 105 Å². The second kappa shape index (κ2) is 10.7. The summed E-state index contributed by atoms with van der Waals surface area (Å²) >= 11 is 6.16. The van der Waals surface area contributed by atoms with Crippen LogP contribution in [0.25, 0.3) is 33.5 Å². The second-order valence-electron chi connectivity index (χ2n) is 9.29. The number of halogens is 1. The molecule has 0 amide bonds. The maximum absolute atomic E-state index is 13.5. The first-order valence-electron chi connectivity index (χ1n) is 12.6. The van der Waals surface area contributed by atoms with Crippen LogP contribution in [0.2, 0.25) is 5.02 Å². The minimum absolute atomic E-state index is 0.275. The van der Waals surface area contributed by atoms with Crippen molar-refractivity contribution in [3.63, 3.8) is 0 Å². The monoisotopic (exact) mass is 549 g/mol. The van der Waals surface area contributed by atoms with E-state index in [2.05, 4.69) is 11.2 Å². The normalized spacial score (nSPS) is 11.5. The Hall–Kier alpha value is -4.88. The molecular weight excluding hydrogens is 526 g/mol. The second-order valence-corrected chi connectivity index (χ2v) is 9.73. The van der Waals surface area contributed by atoms with Gasteiger partial charge in [0.05, 0.1) is 24.2 Å². The van der Waals surface area contributed by atoms with Crippen LogP contribution in [0, 0.1) is 6.92 Å².